The second kappa shape index (κ2) is 8.86. The maximum atomic E-state index is 11.7. The van der Waals surface area contributed by atoms with E-state index in [4.69, 9.17) is 4.55 Å². The Morgan fingerprint density at radius 1 is 1.14 bits per heavy atom. The number of rotatable bonds is 12. The molecule has 0 bridgehead atoms. The van der Waals surface area contributed by atoms with Crippen LogP contribution in [-0.4, -0.2) is 52.5 Å². The number of imide groups is 1. The van der Waals surface area contributed by atoms with E-state index in [-0.39, 0.29) is 22.9 Å². The zero-order chi connectivity index (χ0) is 20.9. The number of hydrogen-bond donors (Lipinski definition) is 1. The molecule has 1 N–H and O–H groups in total. The zero-order valence-electron chi connectivity index (χ0n) is 15.5. The summed E-state index contributed by atoms with van der Waals surface area (Å²) in [6.07, 6.45) is 3.20. The number of hydrogen-bond acceptors (Lipinski definition) is 9. The molecule has 2 aliphatic rings. The summed E-state index contributed by atoms with van der Waals surface area (Å²) in [6, 6.07) is 0. The van der Waals surface area contributed by atoms with Crippen LogP contribution in [0.4, 0.5) is 0 Å². The van der Waals surface area contributed by atoms with Gasteiger partial charge in [0.15, 0.2) is 10.9 Å². The third-order valence-electron chi connectivity index (χ3n) is 4.52. The van der Waals surface area contributed by atoms with E-state index < -0.39 is 39.6 Å². The van der Waals surface area contributed by atoms with E-state index in [0.29, 0.717) is 38.5 Å². The second-order valence-corrected chi connectivity index (χ2v) is 8.67. The van der Waals surface area contributed by atoms with Gasteiger partial charge in [0.1, 0.15) is 5.78 Å². The highest BCUT2D eigenvalue weighted by molar-refractivity contribution is 7.87. The Balaban J connectivity index is 1.57. The van der Waals surface area contributed by atoms with Crippen LogP contribution in [0.15, 0.2) is 10.2 Å². The summed E-state index contributed by atoms with van der Waals surface area (Å²) in [5, 5.41) is 5.85. The van der Waals surface area contributed by atoms with Crippen molar-refractivity contribution in [1.29, 1.82) is 0 Å². The number of nitrogens with zero attached hydrogens (tertiary/aromatic N) is 3. The molecular formula is C16H23N3O8S. The zero-order valence-corrected chi connectivity index (χ0v) is 16.3. The van der Waals surface area contributed by atoms with Gasteiger partial charge in [-0.05, 0) is 19.8 Å². The van der Waals surface area contributed by atoms with Crippen LogP contribution >= 0.6 is 0 Å². The average Bonchev–Trinajstić information content (AvgIpc) is 3.27. The molecule has 0 saturated carbocycles. The normalized spacial score (nSPS) is 20.5. The fourth-order valence-corrected chi connectivity index (χ4v) is 3.39. The summed E-state index contributed by atoms with van der Waals surface area (Å²) in [5.41, 5.74) is -0.366. The molecule has 12 heteroatoms. The van der Waals surface area contributed by atoms with Gasteiger partial charge in [0.05, 0.1) is 6.42 Å². The summed E-state index contributed by atoms with van der Waals surface area (Å²) in [7, 11) is -4.74. The monoisotopic (exact) mass is 417 g/mol. The molecule has 2 rings (SSSR count). The first kappa shape index (κ1) is 22.1. The molecule has 0 spiro atoms. The predicted octanol–water partition coefficient (Wildman–Crippen LogP) is 1.33. The lowest BCUT2D eigenvalue weighted by molar-refractivity contribution is -0.197. The minimum atomic E-state index is -4.74. The highest BCUT2D eigenvalue weighted by atomic mass is 32.2. The molecule has 156 valence electrons. The highest BCUT2D eigenvalue weighted by Crippen LogP contribution is 2.32. The van der Waals surface area contributed by atoms with Crippen molar-refractivity contribution < 1.29 is 37.0 Å². The number of ketones is 1. The first-order valence-electron chi connectivity index (χ1n) is 9.01. The van der Waals surface area contributed by atoms with E-state index in [1.807, 2.05) is 6.92 Å². The largest absolute Gasteiger partial charge is 0.333 e. The van der Waals surface area contributed by atoms with Crippen molar-refractivity contribution in [3.8, 4) is 0 Å². The molecule has 0 aromatic rings. The molecule has 0 aromatic heterocycles. The number of carbonyl (C=O) groups excluding carboxylic acids is 4. The summed E-state index contributed by atoms with van der Waals surface area (Å²) in [6.45, 7) is 1.87. The fourth-order valence-electron chi connectivity index (χ4n) is 2.69. The molecule has 0 radical (unpaired) electrons. The molecule has 1 unspecified atom stereocenters. The molecule has 2 amide bonds. The smallest absolute Gasteiger partial charge is 0.330 e. The van der Waals surface area contributed by atoms with Gasteiger partial charge in [-0.25, -0.2) is 4.79 Å². The van der Waals surface area contributed by atoms with Crippen molar-refractivity contribution in [3.63, 3.8) is 0 Å². The average molecular weight is 417 g/mol. The van der Waals surface area contributed by atoms with E-state index in [9.17, 15) is 27.6 Å². The first-order valence-corrected chi connectivity index (χ1v) is 10.5. The van der Waals surface area contributed by atoms with Crippen LogP contribution in [0, 0.1) is 0 Å². The predicted molar refractivity (Wildman–Crippen MR) is 93.1 cm³/mol. The van der Waals surface area contributed by atoms with Crippen LogP contribution in [0.2, 0.25) is 0 Å². The lowest BCUT2D eigenvalue weighted by Gasteiger charge is -2.13. The molecule has 28 heavy (non-hydrogen) atoms. The lowest BCUT2D eigenvalue weighted by atomic mass is 10.0. The fraction of sp³-hybridized carbons (Fsp3) is 0.750. The molecule has 1 fully saturated rings. The number of hydroxylamine groups is 2. The topological polar surface area (TPSA) is 160 Å². The Kier molecular flexibility index (Phi) is 6.99. The number of amides is 2. The molecule has 1 saturated heterocycles. The van der Waals surface area contributed by atoms with Gasteiger partial charge in [-0.15, -0.1) is 5.06 Å². The Hall–Kier alpha value is -2.21. The third kappa shape index (κ3) is 6.44. The minimum Gasteiger partial charge on any atom is -0.330 e. The maximum Gasteiger partial charge on any atom is 0.333 e. The van der Waals surface area contributed by atoms with E-state index in [1.165, 1.54) is 0 Å². The lowest BCUT2D eigenvalue weighted by Crippen LogP contribution is -2.36. The van der Waals surface area contributed by atoms with Gasteiger partial charge < -0.3 is 4.84 Å². The van der Waals surface area contributed by atoms with Gasteiger partial charge in [-0.2, -0.15) is 18.6 Å². The molecule has 2 aliphatic heterocycles. The quantitative estimate of drug-likeness (QED) is 0.283. The SMILES string of the molecule is CC1(CCC(=O)CCCCCCC(=O)ON2C(=O)CC(S(=O)(=O)O)C2=O)N=N1. The van der Waals surface area contributed by atoms with Crippen molar-refractivity contribution >= 4 is 33.7 Å². The summed E-state index contributed by atoms with van der Waals surface area (Å²) >= 11 is 0. The van der Waals surface area contributed by atoms with E-state index >= 15 is 0 Å². The summed E-state index contributed by atoms with van der Waals surface area (Å²) < 4.78 is 30.9. The Morgan fingerprint density at radius 3 is 2.29 bits per heavy atom. The summed E-state index contributed by atoms with van der Waals surface area (Å²) in [5.74, 6) is -2.98. The van der Waals surface area contributed by atoms with Crippen molar-refractivity contribution in [2.75, 3.05) is 0 Å². The van der Waals surface area contributed by atoms with Crippen LogP contribution in [0.1, 0.15) is 64.7 Å². The third-order valence-corrected chi connectivity index (χ3v) is 5.61. The first-order chi connectivity index (χ1) is 13.0. The standard InChI is InChI=1S/C16H23N3O8S/c1-16(17-18-16)9-8-11(20)6-4-2-3-5-7-14(22)27-19-13(21)10-12(15(19)23)28(24,25)26/h12H,2-10H2,1H3,(H,24,25,26). The van der Waals surface area contributed by atoms with Crippen molar-refractivity contribution in [1.82, 2.24) is 5.06 Å². The van der Waals surface area contributed by atoms with Crippen LogP contribution in [0.25, 0.3) is 0 Å². The van der Waals surface area contributed by atoms with Gasteiger partial charge in [0.2, 0.25) is 0 Å². The molecule has 2 heterocycles. The Bertz CT molecular complexity index is 786. The molecule has 1 atom stereocenters. The van der Waals surface area contributed by atoms with Crippen LogP contribution in [-0.2, 0) is 34.1 Å². The molecule has 11 nitrogen and oxygen atoms in total. The van der Waals surface area contributed by atoms with E-state index in [2.05, 4.69) is 15.1 Å². The van der Waals surface area contributed by atoms with Crippen LogP contribution < -0.4 is 0 Å². The van der Waals surface area contributed by atoms with Crippen molar-refractivity contribution in [2.45, 2.75) is 75.6 Å². The van der Waals surface area contributed by atoms with Crippen molar-refractivity contribution in [3.05, 3.63) is 0 Å². The highest BCUT2D eigenvalue weighted by Gasteiger charge is 2.48. The molecule has 0 aromatic carbocycles. The Labute approximate surface area is 162 Å². The van der Waals surface area contributed by atoms with Crippen LogP contribution in [0.5, 0.6) is 0 Å². The van der Waals surface area contributed by atoms with Crippen LogP contribution in [0.3, 0.4) is 0 Å². The second-order valence-electron chi connectivity index (χ2n) is 7.07. The van der Waals surface area contributed by atoms with Crippen molar-refractivity contribution in [2.24, 2.45) is 10.2 Å². The van der Waals surface area contributed by atoms with E-state index in [1.54, 1.807) is 0 Å². The minimum absolute atomic E-state index is 0.0666. The number of carbonyl (C=O) groups is 4. The van der Waals surface area contributed by atoms with Gasteiger partial charge >= 0.3 is 5.97 Å². The molecular weight excluding hydrogens is 394 g/mol. The van der Waals surface area contributed by atoms with Gasteiger partial charge in [-0.3, -0.25) is 18.9 Å². The molecule has 0 aliphatic carbocycles. The van der Waals surface area contributed by atoms with Gasteiger partial charge in [0.25, 0.3) is 21.9 Å². The van der Waals surface area contributed by atoms with Gasteiger partial charge in [0, 0.05) is 25.7 Å². The number of Topliss-reactive ketones (excluding diaryl/α,β-unsaturated/α-hetero) is 1. The Morgan fingerprint density at radius 2 is 1.75 bits per heavy atom. The number of unbranched alkanes of at least 4 members (excludes halogenated alkanes) is 3. The van der Waals surface area contributed by atoms with E-state index in [0.717, 1.165) is 6.42 Å². The van der Waals surface area contributed by atoms with Gasteiger partial charge in [-0.1, -0.05) is 12.8 Å². The summed E-state index contributed by atoms with van der Waals surface area (Å²) in [4.78, 5) is 51.4. The maximum absolute atomic E-state index is 11.7.